The molecule has 0 spiro atoms. The zero-order valence-electron chi connectivity index (χ0n) is 15.6. The highest BCUT2D eigenvalue weighted by molar-refractivity contribution is 5.99. The van der Waals surface area contributed by atoms with Crippen LogP contribution >= 0.6 is 0 Å². The van der Waals surface area contributed by atoms with Crippen LogP contribution in [0, 0.1) is 0 Å². The minimum absolute atomic E-state index is 0.594. The number of furan rings is 1. The van der Waals surface area contributed by atoms with E-state index in [0.717, 1.165) is 55.8 Å². The molecule has 0 aliphatic heterocycles. The van der Waals surface area contributed by atoms with E-state index in [9.17, 15) is 0 Å². The molecule has 6 heterocycles. The summed E-state index contributed by atoms with van der Waals surface area (Å²) in [6.07, 6.45) is 8.46. The van der Waals surface area contributed by atoms with Gasteiger partial charge in [0.2, 0.25) is 0 Å². The number of nitrogens with zero attached hydrogens (tertiary/aromatic N) is 4. The van der Waals surface area contributed by atoms with Crippen LogP contribution < -0.4 is 5.73 Å². The highest BCUT2D eigenvalue weighted by Gasteiger charge is 2.16. The molecule has 144 valence electrons. The summed E-state index contributed by atoms with van der Waals surface area (Å²) in [4.78, 5) is 16.9. The molecule has 0 atom stereocenters. The van der Waals surface area contributed by atoms with Crippen molar-refractivity contribution < 1.29 is 4.42 Å². The van der Waals surface area contributed by atoms with Gasteiger partial charge in [0.15, 0.2) is 0 Å². The van der Waals surface area contributed by atoms with E-state index in [1.165, 1.54) is 0 Å². The zero-order chi connectivity index (χ0) is 20.1. The Balaban J connectivity index is 1.52. The molecule has 6 rings (SSSR count). The van der Waals surface area contributed by atoms with Crippen molar-refractivity contribution in [1.82, 2.24) is 30.1 Å². The maximum atomic E-state index is 5.88. The number of hydrogen-bond donors (Lipinski definition) is 3. The summed E-state index contributed by atoms with van der Waals surface area (Å²) in [5, 5.41) is 8.55. The van der Waals surface area contributed by atoms with Gasteiger partial charge in [-0.1, -0.05) is 0 Å². The smallest absolute Gasteiger partial charge is 0.135 e. The Morgan fingerprint density at radius 1 is 0.933 bits per heavy atom. The van der Waals surface area contributed by atoms with E-state index < -0.39 is 0 Å². The zero-order valence-corrected chi connectivity index (χ0v) is 15.6. The minimum atomic E-state index is 0.594. The molecule has 30 heavy (non-hydrogen) atoms. The molecule has 0 fully saturated rings. The van der Waals surface area contributed by atoms with Crippen LogP contribution in [0.4, 0.5) is 5.69 Å². The number of nitrogens with two attached hydrogens (primary N) is 1. The van der Waals surface area contributed by atoms with Crippen LogP contribution in [0.1, 0.15) is 0 Å². The predicted octanol–water partition coefficient (Wildman–Crippen LogP) is 4.41. The van der Waals surface area contributed by atoms with Gasteiger partial charge < -0.3 is 15.1 Å². The van der Waals surface area contributed by atoms with Gasteiger partial charge >= 0.3 is 0 Å². The van der Waals surface area contributed by atoms with Crippen molar-refractivity contribution in [2.24, 2.45) is 0 Å². The van der Waals surface area contributed by atoms with Crippen molar-refractivity contribution in [3.05, 3.63) is 67.5 Å². The number of nitrogens with one attached hydrogen (secondary N) is 2. The molecule has 0 aliphatic carbocycles. The number of pyridine rings is 3. The second-order valence-electron chi connectivity index (χ2n) is 6.99. The van der Waals surface area contributed by atoms with E-state index in [2.05, 4.69) is 25.1 Å². The quantitative estimate of drug-likeness (QED) is 0.409. The third-order valence-corrected chi connectivity index (χ3v) is 5.06. The highest BCUT2D eigenvalue weighted by atomic mass is 16.3. The van der Waals surface area contributed by atoms with E-state index in [0.29, 0.717) is 5.69 Å². The Hall–Kier alpha value is -4.46. The molecule has 0 saturated carbocycles. The second kappa shape index (κ2) is 6.28. The largest absolute Gasteiger partial charge is 0.472 e. The molecular weight excluding hydrogens is 378 g/mol. The topological polar surface area (TPSA) is 122 Å². The SMILES string of the molecule is Nc1cncc(-c2ccc3[nH]nc(-c4cc5c(-c6ccoc6)nccc5[nH]4)c3n2)c1. The van der Waals surface area contributed by atoms with Crippen molar-refractivity contribution in [1.29, 1.82) is 0 Å². The lowest BCUT2D eigenvalue weighted by Crippen LogP contribution is -1.90. The molecule has 0 radical (unpaired) electrons. The van der Waals surface area contributed by atoms with Gasteiger partial charge in [-0.25, -0.2) is 4.98 Å². The number of H-pyrrole nitrogens is 2. The van der Waals surface area contributed by atoms with Crippen LogP contribution in [0.2, 0.25) is 0 Å². The third kappa shape index (κ3) is 2.55. The van der Waals surface area contributed by atoms with Crippen molar-refractivity contribution in [3.8, 4) is 33.9 Å². The van der Waals surface area contributed by atoms with Crippen molar-refractivity contribution in [3.63, 3.8) is 0 Å². The fourth-order valence-electron chi connectivity index (χ4n) is 3.66. The first-order chi connectivity index (χ1) is 14.8. The summed E-state index contributed by atoms with van der Waals surface area (Å²) in [6, 6.07) is 11.6. The van der Waals surface area contributed by atoms with Crippen LogP contribution in [0.25, 0.3) is 55.8 Å². The number of rotatable bonds is 3. The van der Waals surface area contributed by atoms with E-state index in [-0.39, 0.29) is 0 Å². The highest BCUT2D eigenvalue weighted by Crippen LogP contribution is 2.33. The maximum Gasteiger partial charge on any atom is 0.135 e. The number of anilines is 1. The third-order valence-electron chi connectivity index (χ3n) is 5.06. The molecule has 0 bridgehead atoms. The lowest BCUT2D eigenvalue weighted by atomic mass is 10.1. The van der Waals surface area contributed by atoms with Crippen LogP contribution in [0.3, 0.4) is 0 Å². The monoisotopic (exact) mass is 393 g/mol. The van der Waals surface area contributed by atoms with E-state index in [1.807, 2.05) is 36.4 Å². The molecule has 6 aromatic rings. The molecule has 0 aromatic carbocycles. The summed E-state index contributed by atoms with van der Waals surface area (Å²) < 4.78 is 5.23. The Morgan fingerprint density at radius 2 is 1.90 bits per heavy atom. The Morgan fingerprint density at radius 3 is 2.77 bits per heavy atom. The summed E-state index contributed by atoms with van der Waals surface area (Å²) in [6.45, 7) is 0. The number of aromatic amines is 2. The number of fused-ring (bicyclic) bond motifs is 2. The number of aromatic nitrogens is 6. The van der Waals surface area contributed by atoms with Gasteiger partial charge in [0.25, 0.3) is 0 Å². The van der Waals surface area contributed by atoms with Gasteiger partial charge in [-0.3, -0.25) is 15.1 Å². The van der Waals surface area contributed by atoms with E-state index in [1.54, 1.807) is 31.1 Å². The van der Waals surface area contributed by atoms with Gasteiger partial charge in [-0.2, -0.15) is 5.10 Å². The first-order valence-corrected chi connectivity index (χ1v) is 9.33. The van der Waals surface area contributed by atoms with Gasteiger partial charge in [0, 0.05) is 40.6 Å². The maximum absolute atomic E-state index is 5.88. The fourth-order valence-corrected chi connectivity index (χ4v) is 3.66. The van der Waals surface area contributed by atoms with Gasteiger partial charge in [0.05, 0.1) is 40.8 Å². The molecule has 0 aliphatic rings. The second-order valence-corrected chi connectivity index (χ2v) is 6.99. The fraction of sp³-hybridized carbons (Fsp3) is 0. The summed E-state index contributed by atoms with van der Waals surface area (Å²) in [5.74, 6) is 0. The van der Waals surface area contributed by atoms with Crippen LogP contribution in [-0.2, 0) is 0 Å². The Labute approximate surface area is 169 Å². The summed E-state index contributed by atoms with van der Waals surface area (Å²) >= 11 is 0. The van der Waals surface area contributed by atoms with Crippen molar-refractivity contribution >= 4 is 27.6 Å². The Kier molecular flexibility index (Phi) is 3.45. The molecule has 0 unspecified atom stereocenters. The summed E-state index contributed by atoms with van der Waals surface area (Å²) in [5.41, 5.74) is 14.0. The predicted molar refractivity (Wildman–Crippen MR) is 114 cm³/mol. The molecule has 0 saturated heterocycles. The van der Waals surface area contributed by atoms with Crippen LogP contribution in [-0.4, -0.2) is 30.1 Å². The number of nitrogen functional groups attached to an aromatic ring is 1. The first kappa shape index (κ1) is 16.5. The van der Waals surface area contributed by atoms with Crippen LogP contribution in [0.15, 0.2) is 71.9 Å². The molecule has 0 amide bonds. The number of hydrogen-bond acceptors (Lipinski definition) is 6. The summed E-state index contributed by atoms with van der Waals surface area (Å²) in [7, 11) is 0. The lowest BCUT2D eigenvalue weighted by molar-refractivity contribution is 0.568. The molecule has 4 N–H and O–H groups in total. The normalized spacial score (nSPS) is 11.5. The van der Waals surface area contributed by atoms with Gasteiger partial charge in [-0.15, -0.1) is 0 Å². The van der Waals surface area contributed by atoms with Gasteiger partial charge in [-0.05, 0) is 36.4 Å². The standard InChI is InChI=1S/C22H15N7O/c23-14-7-13(9-24-10-14)16-1-2-18-21(27-16)22(29-28-18)19-8-15-17(26-19)3-5-25-20(15)12-4-6-30-11-12/h1-11,26H,23H2,(H,28,29). The van der Waals surface area contributed by atoms with Gasteiger partial charge in [0.1, 0.15) is 11.2 Å². The lowest BCUT2D eigenvalue weighted by Gasteiger charge is -2.02. The molecular formula is C22H15N7O. The van der Waals surface area contributed by atoms with E-state index in [4.69, 9.17) is 15.1 Å². The van der Waals surface area contributed by atoms with Crippen LogP contribution in [0.5, 0.6) is 0 Å². The first-order valence-electron chi connectivity index (χ1n) is 9.33. The minimum Gasteiger partial charge on any atom is -0.472 e. The average molecular weight is 393 g/mol. The van der Waals surface area contributed by atoms with E-state index >= 15 is 0 Å². The Bertz CT molecular complexity index is 1510. The average Bonchev–Trinajstić information content (AvgIpc) is 3.51. The molecule has 8 nitrogen and oxygen atoms in total. The van der Waals surface area contributed by atoms with Crippen molar-refractivity contribution in [2.75, 3.05) is 5.73 Å². The van der Waals surface area contributed by atoms with Crippen molar-refractivity contribution in [2.45, 2.75) is 0 Å². The molecule has 6 aromatic heterocycles. The molecule has 8 heteroatoms.